The quantitative estimate of drug-likeness (QED) is 0.903. The number of hydrogen-bond acceptors (Lipinski definition) is 3. The number of benzene rings is 1. The van der Waals surface area contributed by atoms with E-state index in [2.05, 4.69) is 20.8 Å². The van der Waals surface area contributed by atoms with Crippen LogP contribution in [-0.4, -0.2) is 26.2 Å². The van der Waals surface area contributed by atoms with E-state index >= 15 is 0 Å². The van der Waals surface area contributed by atoms with Crippen molar-refractivity contribution in [2.45, 2.75) is 31.6 Å². The lowest BCUT2D eigenvalue weighted by atomic mass is 9.75. The molecule has 2 rings (SSSR count). The molecule has 1 aliphatic rings. The highest BCUT2D eigenvalue weighted by Crippen LogP contribution is 2.38. The van der Waals surface area contributed by atoms with Crippen molar-refractivity contribution in [2.75, 3.05) is 20.3 Å². The van der Waals surface area contributed by atoms with Crippen LogP contribution in [0, 0.1) is 0 Å². The molecule has 1 saturated heterocycles. The van der Waals surface area contributed by atoms with Crippen LogP contribution in [0.25, 0.3) is 0 Å². The lowest BCUT2D eigenvalue weighted by molar-refractivity contribution is -0.141. The average molecular weight is 263 g/mol. The first-order valence-electron chi connectivity index (χ1n) is 6.38. The van der Waals surface area contributed by atoms with Gasteiger partial charge >= 0.3 is 0 Å². The molecule has 0 unspecified atom stereocenters. The molecule has 1 aromatic rings. The molecule has 4 heteroatoms. The van der Waals surface area contributed by atoms with Crippen LogP contribution < -0.4 is 10.5 Å². The van der Waals surface area contributed by atoms with E-state index in [1.807, 2.05) is 18.2 Å². The summed E-state index contributed by atoms with van der Waals surface area (Å²) in [7, 11) is 1.65. The van der Waals surface area contributed by atoms with Gasteiger partial charge in [0.2, 0.25) is 5.91 Å². The first-order chi connectivity index (χ1) is 8.81. The van der Waals surface area contributed by atoms with Crippen molar-refractivity contribution >= 4 is 5.91 Å². The van der Waals surface area contributed by atoms with E-state index in [-0.39, 0.29) is 11.3 Å². The van der Waals surface area contributed by atoms with Gasteiger partial charge in [0.1, 0.15) is 11.2 Å². The van der Waals surface area contributed by atoms with Gasteiger partial charge in [-0.25, -0.2) is 0 Å². The number of amides is 1. The summed E-state index contributed by atoms with van der Waals surface area (Å²) in [6.07, 6.45) is 0. The second-order valence-electron chi connectivity index (χ2n) is 6.10. The topological polar surface area (TPSA) is 61.5 Å². The van der Waals surface area contributed by atoms with Crippen LogP contribution in [0.15, 0.2) is 18.2 Å². The molecule has 1 amide bonds. The minimum Gasteiger partial charge on any atom is -0.496 e. The van der Waals surface area contributed by atoms with E-state index < -0.39 is 5.41 Å². The SMILES string of the molecule is COc1ccc(C2(C(N)=O)COC2)cc1C(C)(C)C. The molecule has 2 N–H and O–H groups in total. The summed E-state index contributed by atoms with van der Waals surface area (Å²) in [5.41, 5.74) is 6.79. The second kappa shape index (κ2) is 4.53. The number of methoxy groups -OCH3 is 1. The summed E-state index contributed by atoms with van der Waals surface area (Å²) >= 11 is 0. The zero-order chi connectivity index (χ0) is 14.3. The van der Waals surface area contributed by atoms with Gasteiger partial charge in [0.25, 0.3) is 0 Å². The smallest absolute Gasteiger partial charge is 0.232 e. The molecule has 19 heavy (non-hydrogen) atoms. The molecule has 4 nitrogen and oxygen atoms in total. The summed E-state index contributed by atoms with van der Waals surface area (Å²) in [4.78, 5) is 11.7. The number of carbonyl (C=O) groups is 1. The molecule has 1 aliphatic heterocycles. The van der Waals surface area contributed by atoms with Crippen molar-refractivity contribution in [3.05, 3.63) is 29.3 Å². The van der Waals surface area contributed by atoms with Crippen LogP contribution in [0.1, 0.15) is 31.9 Å². The van der Waals surface area contributed by atoms with Gasteiger partial charge in [0, 0.05) is 0 Å². The first-order valence-corrected chi connectivity index (χ1v) is 6.38. The van der Waals surface area contributed by atoms with Crippen molar-refractivity contribution in [1.29, 1.82) is 0 Å². The van der Waals surface area contributed by atoms with E-state index in [0.29, 0.717) is 13.2 Å². The Hall–Kier alpha value is -1.55. The normalized spacial score (nSPS) is 17.7. The largest absolute Gasteiger partial charge is 0.496 e. The number of primary amides is 1. The molecule has 0 spiro atoms. The van der Waals surface area contributed by atoms with Crippen LogP contribution in [0.5, 0.6) is 5.75 Å². The molecule has 1 heterocycles. The summed E-state index contributed by atoms with van der Waals surface area (Å²) in [5.74, 6) is 0.500. The Morgan fingerprint density at radius 2 is 2.00 bits per heavy atom. The van der Waals surface area contributed by atoms with Crippen LogP contribution in [0.2, 0.25) is 0 Å². The predicted octanol–water partition coefficient (Wildman–Crippen LogP) is 1.75. The zero-order valence-corrected chi connectivity index (χ0v) is 11.9. The number of hydrogen-bond donors (Lipinski definition) is 1. The molecule has 1 fully saturated rings. The lowest BCUT2D eigenvalue weighted by Crippen LogP contribution is -2.56. The third-order valence-corrected chi connectivity index (χ3v) is 3.73. The first kappa shape index (κ1) is 13.9. The fraction of sp³-hybridized carbons (Fsp3) is 0.533. The van der Waals surface area contributed by atoms with E-state index in [1.54, 1.807) is 7.11 Å². The summed E-state index contributed by atoms with van der Waals surface area (Å²) in [6, 6.07) is 5.83. The van der Waals surface area contributed by atoms with Crippen molar-refractivity contribution in [3.63, 3.8) is 0 Å². The Balaban J connectivity index is 2.52. The Bertz CT molecular complexity index is 499. The highest BCUT2D eigenvalue weighted by atomic mass is 16.5. The van der Waals surface area contributed by atoms with E-state index in [0.717, 1.165) is 16.9 Å². The number of rotatable bonds is 3. The second-order valence-corrected chi connectivity index (χ2v) is 6.10. The molecule has 104 valence electrons. The molecule has 0 aliphatic carbocycles. The Kier molecular flexibility index (Phi) is 3.31. The average Bonchev–Trinajstić information content (AvgIpc) is 2.25. The molecular weight excluding hydrogens is 242 g/mol. The maximum atomic E-state index is 11.7. The maximum absolute atomic E-state index is 11.7. The minimum atomic E-state index is -0.674. The van der Waals surface area contributed by atoms with Crippen molar-refractivity contribution in [3.8, 4) is 5.75 Å². The van der Waals surface area contributed by atoms with E-state index in [9.17, 15) is 4.79 Å². The number of ether oxygens (including phenoxy) is 2. The van der Waals surface area contributed by atoms with Gasteiger partial charge in [0.05, 0.1) is 20.3 Å². The van der Waals surface area contributed by atoms with Gasteiger partial charge in [-0.15, -0.1) is 0 Å². The van der Waals surface area contributed by atoms with Gasteiger partial charge in [-0.3, -0.25) is 4.79 Å². The van der Waals surface area contributed by atoms with E-state index in [4.69, 9.17) is 15.2 Å². The number of nitrogens with two attached hydrogens (primary N) is 1. The van der Waals surface area contributed by atoms with Gasteiger partial charge in [-0.05, 0) is 22.6 Å². The van der Waals surface area contributed by atoms with Crippen LogP contribution in [0.3, 0.4) is 0 Å². The van der Waals surface area contributed by atoms with Gasteiger partial charge in [-0.1, -0.05) is 32.9 Å². The predicted molar refractivity (Wildman–Crippen MR) is 73.4 cm³/mol. The van der Waals surface area contributed by atoms with Crippen molar-refractivity contribution < 1.29 is 14.3 Å². The fourth-order valence-electron chi connectivity index (χ4n) is 2.35. The Labute approximate surface area is 113 Å². The minimum absolute atomic E-state index is 0.0647. The maximum Gasteiger partial charge on any atom is 0.232 e. The highest BCUT2D eigenvalue weighted by molar-refractivity contribution is 5.88. The Morgan fingerprint density at radius 3 is 2.37 bits per heavy atom. The summed E-state index contributed by atoms with van der Waals surface area (Å²) in [5, 5.41) is 0. The zero-order valence-electron chi connectivity index (χ0n) is 11.9. The molecule has 0 atom stereocenters. The third kappa shape index (κ3) is 2.21. The molecule has 0 radical (unpaired) electrons. The standard InChI is InChI=1S/C15H21NO3/c1-14(2,3)11-7-10(5-6-12(11)18-4)15(13(16)17)8-19-9-15/h5-7H,8-9H2,1-4H3,(H2,16,17). The van der Waals surface area contributed by atoms with Crippen LogP contribution in [-0.2, 0) is 20.4 Å². The molecule has 0 aromatic heterocycles. The van der Waals surface area contributed by atoms with Gasteiger partial charge in [0.15, 0.2) is 0 Å². The summed E-state index contributed by atoms with van der Waals surface area (Å²) < 4.78 is 10.6. The summed E-state index contributed by atoms with van der Waals surface area (Å²) in [6.45, 7) is 7.06. The van der Waals surface area contributed by atoms with Crippen LogP contribution >= 0.6 is 0 Å². The van der Waals surface area contributed by atoms with Crippen LogP contribution in [0.4, 0.5) is 0 Å². The number of carbonyl (C=O) groups excluding carboxylic acids is 1. The third-order valence-electron chi connectivity index (χ3n) is 3.73. The van der Waals surface area contributed by atoms with E-state index in [1.165, 1.54) is 0 Å². The van der Waals surface area contributed by atoms with Gasteiger partial charge < -0.3 is 15.2 Å². The monoisotopic (exact) mass is 263 g/mol. The molecule has 0 bridgehead atoms. The fourth-order valence-corrected chi connectivity index (χ4v) is 2.35. The van der Waals surface area contributed by atoms with Gasteiger partial charge in [-0.2, -0.15) is 0 Å². The molecule has 0 saturated carbocycles. The van der Waals surface area contributed by atoms with Crippen molar-refractivity contribution in [2.24, 2.45) is 5.73 Å². The van der Waals surface area contributed by atoms with Crippen molar-refractivity contribution in [1.82, 2.24) is 0 Å². The molecular formula is C15H21NO3. The highest BCUT2D eigenvalue weighted by Gasteiger charge is 2.46. The molecule has 1 aromatic carbocycles. The Morgan fingerprint density at radius 1 is 1.37 bits per heavy atom. The lowest BCUT2D eigenvalue weighted by Gasteiger charge is -2.39.